The van der Waals surface area contributed by atoms with Crippen LogP contribution >= 0.6 is 0 Å². The number of hydrogen-bond donors (Lipinski definition) is 0. The second-order valence-electron chi connectivity index (χ2n) is 18.4. The van der Waals surface area contributed by atoms with E-state index in [1.165, 1.54) is 119 Å². The molecule has 77 heavy (non-hydrogen) atoms. The zero-order valence-corrected chi connectivity index (χ0v) is 51.9. The maximum atomic E-state index is 2.39. The van der Waals surface area contributed by atoms with Crippen molar-refractivity contribution in [3.05, 3.63) is 263 Å². The highest BCUT2D eigenvalue weighted by molar-refractivity contribution is 5.92. The SMILES string of the molecule is CC.CC.CC.CCC.CCC.CCC.Cc1ccccc1.Cc1ccccc1.Cc1ccccc1.Cc1ccccc1-c1cc(C)c(-c2ccccc2C)c(-c2cccc(-c3ccc(C)c(-c4ccccc4C)c3)c2)c1. The van der Waals surface area contributed by atoms with E-state index < -0.39 is 0 Å². The van der Waals surface area contributed by atoms with Crippen LogP contribution in [-0.2, 0) is 0 Å². The standard InChI is InChI=1S/C41H36.3C7H8.3C3H8.3C2H6/c1-27-13-6-9-18-36(27)35-23-31(5)41(38-20-11-8-15-29(38)3)40(26-35)34-17-12-16-32(24-34)33-22-21-30(4)39(25-33)37-19-10-7-14-28(37)2;3*1-7-5-3-2-4-6-7;3*1-3-2;3*1-2/h6-26H,1-5H3;3*2-6H,1H3;3*3H2,1-2H3;3*1-2H3. The molecular weight excluding hydrogens is 925 g/mol. The molecule has 0 aromatic heterocycles. The zero-order valence-electron chi connectivity index (χ0n) is 51.9. The first kappa shape index (κ1) is 70.0. The highest BCUT2D eigenvalue weighted by Crippen LogP contribution is 2.41. The first-order valence-electron chi connectivity index (χ1n) is 28.9. The molecule has 0 aliphatic rings. The van der Waals surface area contributed by atoms with E-state index >= 15 is 0 Å². The molecule has 0 bridgehead atoms. The first-order valence-corrected chi connectivity index (χ1v) is 28.9. The lowest BCUT2D eigenvalue weighted by molar-refractivity contribution is 1.09. The average Bonchev–Trinajstić information content (AvgIpc) is 3.45. The molecule has 410 valence electrons. The molecule has 0 spiro atoms. The third kappa shape index (κ3) is 26.1. The molecule has 0 saturated heterocycles. The minimum Gasteiger partial charge on any atom is -0.0683 e. The van der Waals surface area contributed by atoms with Gasteiger partial charge in [0.05, 0.1) is 0 Å². The Balaban J connectivity index is 0.00000129. The first-order chi connectivity index (χ1) is 37.3. The Bertz CT molecular complexity index is 2750. The summed E-state index contributed by atoms with van der Waals surface area (Å²) in [6.45, 7) is 42.1. The van der Waals surface area contributed by atoms with Crippen LogP contribution in [0, 0.1) is 55.4 Å². The van der Waals surface area contributed by atoms with Crippen LogP contribution in [0.15, 0.2) is 218 Å². The van der Waals surface area contributed by atoms with Crippen molar-refractivity contribution in [1.82, 2.24) is 0 Å². The van der Waals surface area contributed by atoms with Gasteiger partial charge in [0.15, 0.2) is 0 Å². The highest BCUT2D eigenvalue weighted by Gasteiger charge is 2.17. The molecule has 9 aromatic carbocycles. The number of rotatable bonds is 5. The van der Waals surface area contributed by atoms with Gasteiger partial charge in [0, 0.05) is 0 Å². The van der Waals surface area contributed by atoms with Crippen molar-refractivity contribution in [3.63, 3.8) is 0 Å². The van der Waals surface area contributed by atoms with E-state index in [2.05, 4.69) is 261 Å². The summed E-state index contributed by atoms with van der Waals surface area (Å²) in [5, 5.41) is 0. The van der Waals surface area contributed by atoms with E-state index in [-0.39, 0.29) is 0 Å². The Hall–Kier alpha value is -7.02. The third-order valence-electron chi connectivity index (χ3n) is 11.2. The number of hydrogen-bond acceptors (Lipinski definition) is 0. The smallest absolute Gasteiger partial charge is 0.00730 e. The number of aryl methyl sites for hydroxylation is 8. The van der Waals surface area contributed by atoms with Crippen molar-refractivity contribution in [3.8, 4) is 55.6 Å². The predicted octanol–water partition coefficient (Wildman–Crippen LogP) is 24.9. The molecular formula is C77H102. The number of benzene rings is 9. The lowest BCUT2D eigenvalue weighted by atomic mass is 9.85. The lowest BCUT2D eigenvalue weighted by Gasteiger charge is -2.19. The monoisotopic (exact) mass is 1030 g/mol. The van der Waals surface area contributed by atoms with E-state index in [1.54, 1.807) is 0 Å². The Morgan fingerprint density at radius 3 is 0.896 bits per heavy atom. The molecule has 0 heteroatoms. The summed E-state index contributed by atoms with van der Waals surface area (Å²) in [6, 6.07) is 77.6. The van der Waals surface area contributed by atoms with Crippen LogP contribution in [0.2, 0.25) is 0 Å². The van der Waals surface area contributed by atoms with Crippen molar-refractivity contribution < 1.29 is 0 Å². The quantitative estimate of drug-likeness (QED) is 0.161. The van der Waals surface area contributed by atoms with E-state index in [1.807, 2.05) is 96.1 Å². The van der Waals surface area contributed by atoms with E-state index in [4.69, 9.17) is 0 Å². The second kappa shape index (κ2) is 43.1. The van der Waals surface area contributed by atoms with Crippen LogP contribution in [0.1, 0.15) is 147 Å². The zero-order chi connectivity index (χ0) is 58.0. The van der Waals surface area contributed by atoms with Gasteiger partial charge in [0.25, 0.3) is 0 Å². The summed E-state index contributed by atoms with van der Waals surface area (Å²) in [4.78, 5) is 0. The third-order valence-corrected chi connectivity index (χ3v) is 11.2. The van der Waals surface area contributed by atoms with Crippen LogP contribution in [0.3, 0.4) is 0 Å². The van der Waals surface area contributed by atoms with Gasteiger partial charge in [-0.15, -0.1) is 0 Å². The highest BCUT2D eigenvalue weighted by atomic mass is 14.2. The van der Waals surface area contributed by atoms with Crippen molar-refractivity contribution >= 4 is 0 Å². The predicted molar refractivity (Wildman–Crippen MR) is 353 cm³/mol. The summed E-state index contributed by atoms with van der Waals surface area (Å²) in [7, 11) is 0. The van der Waals surface area contributed by atoms with Crippen molar-refractivity contribution in [1.29, 1.82) is 0 Å². The average molecular weight is 1030 g/mol. The fourth-order valence-corrected chi connectivity index (χ4v) is 7.71. The molecule has 0 fully saturated rings. The molecule has 0 N–H and O–H groups in total. The van der Waals surface area contributed by atoms with Gasteiger partial charge < -0.3 is 0 Å². The maximum absolute atomic E-state index is 2.39. The Morgan fingerprint density at radius 2 is 0.519 bits per heavy atom. The van der Waals surface area contributed by atoms with Crippen LogP contribution in [0.4, 0.5) is 0 Å². The molecule has 9 rings (SSSR count). The summed E-state index contributed by atoms with van der Waals surface area (Å²) < 4.78 is 0. The van der Waals surface area contributed by atoms with Gasteiger partial charge in [0.2, 0.25) is 0 Å². The molecule has 9 aromatic rings. The molecule has 0 aliphatic heterocycles. The second-order valence-corrected chi connectivity index (χ2v) is 18.4. The Kier molecular flexibility index (Phi) is 39.2. The molecule has 0 amide bonds. The summed E-state index contributed by atoms with van der Waals surface area (Å²) in [5.74, 6) is 0. The Morgan fingerprint density at radius 1 is 0.208 bits per heavy atom. The maximum Gasteiger partial charge on any atom is -0.00730 e. The van der Waals surface area contributed by atoms with Crippen molar-refractivity contribution in [2.45, 2.75) is 158 Å². The van der Waals surface area contributed by atoms with Gasteiger partial charge in [0.1, 0.15) is 0 Å². The van der Waals surface area contributed by atoms with Crippen molar-refractivity contribution in [2.75, 3.05) is 0 Å². The molecule has 0 aliphatic carbocycles. The normalized spacial score (nSPS) is 9.19. The van der Waals surface area contributed by atoms with E-state index in [9.17, 15) is 0 Å². The van der Waals surface area contributed by atoms with Crippen molar-refractivity contribution in [2.24, 2.45) is 0 Å². The summed E-state index contributed by atoms with van der Waals surface area (Å²) >= 11 is 0. The molecule has 0 saturated carbocycles. The van der Waals surface area contributed by atoms with E-state index in [0.29, 0.717) is 0 Å². The lowest BCUT2D eigenvalue weighted by Crippen LogP contribution is -1.95. The van der Waals surface area contributed by atoms with Gasteiger partial charge in [-0.05, 0) is 157 Å². The summed E-state index contributed by atoms with van der Waals surface area (Å²) in [5.41, 5.74) is 23.1. The topological polar surface area (TPSA) is 0 Å². The van der Waals surface area contributed by atoms with Gasteiger partial charge in [-0.25, -0.2) is 0 Å². The van der Waals surface area contributed by atoms with Crippen LogP contribution in [-0.4, -0.2) is 0 Å². The molecule has 0 unspecified atom stereocenters. The van der Waals surface area contributed by atoms with E-state index in [0.717, 1.165) is 0 Å². The minimum absolute atomic E-state index is 1.23. The van der Waals surface area contributed by atoms with Gasteiger partial charge in [-0.3, -0.25) is 0 Å². The fourth-order valence-electron chi connectivity index (χ4n) is 7.71. The van der Waals surface area contributed by atoms with Gasteiger partial charge in [-0.1, -0.05) is 319 Å². The fraction of sp³-hybridized carbons (Fsp3) is 0.299. The van der Waals surface area contributed by atoms with Crippen LogP contribution < -0.4 is 0 Å². The van der Waals surface area contributed by atoms with Crippen LogP contribution in [0.25, 0.3) is 55.6 Å². The van der Waals surface area contributed by atoms with Crippen LogP contribution in [0.5, 0.6) is 0 Å². The van der Waals surface area contributed by atoms with Gasteiger partial charge >= 0.3 is 0 Å². The Labute approximate surface area is 473 Å². The minimum atomic E-state index is 1.23. The largest absolute Gasteiger partial charge is 0.0683 e. The molecule has 0 nitrogen and oxygen atoms in total. The molecule has 0 heterocycles. The molecule has 0 atom stereocenters. The summed E-state index contributed by atoms with van der Waals surface area (Å²) in [6.07, 6.45) is 3.75. The molecule has 0 radical (unpaired) electrons. The van der Waals surface area contributed by atoms with Gasteiger partial charge in [-0.2, -0.15) is 0 Å².